The third-order valence-electron chi connectivity index (χ3n) is 5.45. The molecule has 2 atom stereocenters. The van der Waals surface area contributed by atoms with Crippen molar-refractivity contribution in [3.63, 3.8) is 0 Å². The molecule has 2 aromatic heterocycles. The van der Waals surface area contributed by atoms with E-state index in [1.165, 1.54) is 33.1 Å². The lowest BCUT2D eigenvalue weighted by Crippen LogP contribution is -2.47. The summed E-state index contributed by atoms with van der Waals surface area (Å²) >= 11 is 1.50. The zero-order valence-corrected chi connectivity index (χ0v) is 19.8. The minimum atomic E-state index is -0.694. The molecule has 0 radical (unpaired) electrons. The minimum absolute atomic E-state index is 0.259. The predicted molar refractivity (Wildman–Crippen MR) is 126 cm³/mol. The Balaban J connectivity index is 1.65. The second kappa shape index (κ2) is 10.5. The Morgan fingerprint density at radius 2 is 1.91 bits per heavy atom. The van der Waals surface area contributed by atoms with Gasteiger partial charge in [0, 0.05) is 23.1 Å². The summed E-state index contributed by atoms with van der Waals surface area (Å²) in [7, 11) is 4.47. The zero-order chi connectivity index (χ0) is 24.1. The molecule has 34 heavy (non-hydrogen) atoms. The molecular formula is C24H25N3O6S. The maximum absolute atomic E-state index is 13.8. The van der Waals surface area contributed by atoms with Gasteiger partial charge in [-0.3, -0.25) is 14.6 Å². The lowest BCUT2D eigenvalue weighted by atomic mass is 10.1. The van der Waals surface area contributed by atoms with Crippen LogP contribution in [0.15, 0.2) is 59.5 Å². The van der Waals surface area contributed by atoms with E-state index in [0.717, 1.165) is 11.3 Å². The summed E-state index contributed by atoms with van der Waals surface area (Å²) in [6.07, 6.45) is 4.80. The molecule has 3 heterocycles. The smallest absolute Gasteiger partial charge is 0.256 e. The average molecular weight is 484 g/mol. The molecule has 9 nitrogen and oxygen atoms in total. The van der Waals surface area contributed by atoms with Crippen molar-refractivity contribution in [1.29, 1.82) is 0 Å². The normalized spacial score (nSPS) is 17.3. The van der Waals surface area contributed by atoms with E-state index in [1.807, 2.05) is 18.2 Å². The second-order valence-electron chi connectivity index (χ2n) is 7.42. The van der Waals surface area contributed by atoms with Crippen LogP contribution in [0, 0.1) is 0 Å². The number of ether oxygens (including phenoxy) is 3. The van der Waals surface area contributed by atoms with Crippen LogP contribution >= 0.6 is 11.8 Å². The highest BCUT2D eigenvalue weighted by atomic mass is 32.2. The number of methoxy groups -OCH3 is 3. The van der Waals surface area contributed by atoms with Gasteiger partial charge < -0.3 is 28.8 Å². The van der Waals surface area contributed by atoms with Crippen LogP contribution < -0.4 is 19.5 Å². The summed E-state index contributed by atoms with van der Waals surface area (Å²) in [6, 6.07) is 9.77. The summed E-state index contributed by atoms with van der Waals surface area (Å²) in [4.78, 5) is 32.8. The molecule has 0 saturated carbocycles. The first-order valence-electron chi connectivity index (χ1n) is 10.5. The fourth-order valence-corrected chi connectivity index (χ4v) is 5.19. The average Bonchev–Trinajstić information content (AvgIpc) is 3.56. The summed E-state index contributed by atoms with van der Waals surface area (Å²) in [5.74, 6) is 0.924. The van der Waals surface area contributed by atoms with Gasteiger partial charge in [-0.15, -0.1) is 11.8 Å². The number of carbonyl (C=O) groups is 2. The fraction of sp³-hybridized carbons (Fsp3) is 0.292. The SMILES string of the molecule is COc1cc(C(=O)N2C(C(=O)NCc3ccccn3)CSC2c2ccoc2)cc(OC)c1OC. The van der Waals surface area contributed by atoms with Crippen LogP contribution in [0.1, 0.15) is 27.0 Å². The molecule has 4 rings (SSSR count). The van der Waals surface area contributed by atoms with Gasteiger partial charge in [-0.2, -0.15) is 0 Å². The Morgan fingerprint density at radius 3 is 2.50 bits per heavy atom. The van der Waals surface area contributed by atoms with Crippen LogP contribution in [-0.4, -0.2) is 54.8 Å². The number of nitrogens with zero attached hydrogens (tertiary/aromatic N) is 2. The van der Waals surface area contributed by atoms with Gasteiger partial charge in [-0.1, -0.05) is 6.07 Å². The summed E-state index contributed by atoms with van der Waals surface area (Å²) in [5.41, 5.74) is 1.84. The molecule has 1 saturated heterocycles. The van der Waals surface area contributed by atoms with Gasteiger partial charge in [-0.25, -0.2) is 0 Å². The van der Waals surface area contributed by atoms with Gasteiger partial charge in [-0.05, 0) is 30.3 Å². The number of furan rings is 1. The standard InChI is InChI=1S/C24H25N3O6S/c1-30-19-10-16(11-20(31-2)21(19)32-3)23(29)27-18(14-34-24(27)15-7-9-33-13-15)22(28)26-12-17-6-4-5-8-25-17/h4-11,13,18,24H,12,14H2,1-3H3,(H,26,28). The van der Waals surface area contributed by atoms with E-state index in [9.17, 15) is 9.59 Å². The van der Waals surface area contributed by atoms with E-state index in [1.54, 1.807) is 41.8 Å². The number of pyridine rings is 1. The molecule has 2 amide bonds. The lowest BCUT2D eigenvalue weighted by Gasteiger charge is -2.29. The van der Waals surface area contributed by atoms with Crippen LogP contribution in [0.2, 0.25) is 0 Å². The van der Waals surface area contributed by atoms with Gasteiger partial charge in [0.15, 0.2) is 11.5 Å². The molecule has 0 aliphatic carbocycles. The van der Waals surface area contributed by atoms with Crippen molar-refractivity contribution in [3.8, 4) is 17.2 Å². The van der Waals surface area contributed by atoms with Crippen LogP contribution in [0.5, 0.6) is 17.2 Å². The minimum Gasteiger partial charge on any atom is -0.493 e. The molecule has 1 aromatic carbocycles. The highest BCUT2D eigenvalue weighted by molar-refractivity contribution is 7.99. The molecule has 1 aliphatic rings. The number of carbonyl (C=O) groups excluding carboxylic acids is 2. The van der Waals surface area contributed by atoms with Crippen LogP contribution in [0.3, 0.4) is 0 Å². The first-order valence-corrected chi connectivity index (χ1v) is 11.6. The molecule has 178 valence electrons. The molecule has 1 fully saturated rings. The van der Waals surface area contributed by atoms with Gasteiger partial charge >= 0.3 is 0 Å². The monoisotopic (exact) mass is 483 g/mol. The largest absolute Gasteiger partial charge is 0.493 e. The van der Waals surface area contributed by atoms with Gasteiger partial charge in [0.2, 0.25) is 11.7 Å². The number of rotatable bonds is 8. The summed E-state index contributed by atoms with van der Waals surface area (Å²) in [5, 5.41) is 2.51. The highest BCUT2D eigenvalue weighted by Gasteiger charge is 2.43. The Labute approximate surface area is 201 Å². The summed E-state index contributed by atoms with van der Waals surface area (Å²) in [6.45, 7) is 0.267. The Kier molecular flexibility index (Phi) is 7.27. The van der Waals surface area contributed by atoms with E-state index in [-0.39, 0.29) is 18.4 Å². The van der Waals surface area contributed by atoms with E-state index in [2.05, 4.69) is 10.3 Å². The predicted octanol–water partition coefficient (Wildman–Crippen LogP) is 3.27. The van der Waals surface area contributed by atoms with E-state index >= 15 is 0 Å². The molecule has 0 bridgehead atoms. The van der Waals surface area contributed by atoms with Crippen molar-refractivity contribution in [2.24, 2.45) is 0 Å². The van der Waals surface area contributed by atoms with Crippen LogP contribution in [0.25, 0.3) is 0 Å². The topological polar surface area (TPSA) is 103 Å². The summed E-state index contributed by atoms with van der Waals surface area (Å²) < 4.78 is 21.4. The number of aromatic nitrogens is 1. The first kappa shape index (κ1) is 23.5. The fourth-order valence-electron chi connectivity index (χ4n) is 3.78. The van der Waals surface area contributed by atoms with Crippen molar-refractivity contribution >= 4 is 23.6 Å². The Hall–Kier alpha value is -3.66. The molecule has 1 aliphatic heterocycles. The molecule has 3 aromatic rings. The van der Waals surface area contributed by atoms with Gasteiger partial charge in [0.25, 0.3) is 5.91 Å². The molecule has 2 unspecified atom stereocenters. The number of hydrogen-bond donors (Lipinski definition) is 1. The molecule has 10 heteroatoms. The number of nitrogens with one attached hydrogen (secondary N) is 1. The lowest BCUT2D eigenvalue weighted by molar-refractivity contribution is -0.125. The van der Waals surface area contributed by atoms with Crippen molar-refractivity contribution in [2.75, 3.05) is 27.1 Å². The van der Waals surface area contributed by atoms with E-state index < -0.39 is 11.4 Å². The highest BCUT2D eigenvalue weighted by Crippen LogP contribution is 2.44. The van der Waals surface area contributed by atoms with Gasteiger partial charge in [0.05, 0.1) is 46.1 Å². The quantitative estimate of drug-likeness (QED) is 0.521. The molecule has 0 spiro atoms. The Bertz CT molecular complexity index is 1110. The van der Waals surface area contributed by atoms with Crippen molar-refractivity contribution in [3.05, 3.63) is 71.9 Å². The number of hydrogen-bond acceptors (Lipinski definition) is 8. The Morgan fingerprint density at radius 1 is 1.15 bits per heavy atom. The van der Waals surface area contributed by atoms with E-state index in [0.29, 0.717) is 28.6 Å². The maximum atomic E-state index is 13.8. The van der Waals surface area contributed by atoms with Crippen molar-refractivity contribution in [2.45, 2.75) is 18.0 Å². The third-order valence-corrected chi connectivity index (χ3v) is 6.77. The van der Waals surface area contributed by atoms with Crippen molar-refractivity contribution < 1.29 is 28.2 Å². The molecular weight excluding hydrogens is 458 g/mol. The number of thioether (sulfide) groups is 1. The second-order valence-corrected chi connectivity index (χ2v) is 8.54. The van der Waals surface area contributed by atoms with E-state index in [4.69, 9.17) is 18.6 Å². The maximum Gasteiger partial charge on any atom is 0.256 e. The first-order chi connectivity index (χ1) is 16.6. The van der Waals surface area contributed by atoms with Crippen LogP contribution in [0.4, 0.5) is 0 Å². The number of benzene rings is 1. The number of amides is 2. The van der Waals surface area contributed by atoms with Gasteiger partial charge in [0.1, 0.15) is 11.4 Å². The molecule has 1 N–H and O–H groups in total. The zero-order valence-electron chi connectivity index (χ0n) is 19.0. The third kappa shape index (κ3) is 4.67. The van der Waals surface area contributed by atoms with Crippen LogP contribution in [-0.2, 0) is 11.3 Å². The van der Waals surface area contributed by atoms with Crippen molar-refractivity contribution in [1.82, 2.24) is 15.2 Å².